The quantitative estimate of drug-likeness (QED) is 0.313. The van der Waals surface area contributed by atoms with Crippen molar-refractivity contribution in [2.24, 2.45) is 29.1 Å². The SMILES string of the molecule is CC1CCCC(C(C)(C)C2CCCC(C)C2)C1.CCC/C=C/CCCC. The minimum absolute atomic E-state index is 0.601. The molecule has 0 nitrogen and oxygen atoms in total. The van der Waals surface area contributed by atoms with Crippen molar-refractivity contribution in [3.63, 3.8) is 0 Å². The van der Waals surface area contributed by atoms with Gasteiger partial charge >= 0.3 is 0 Å². The highest BCUT2D eigenvalue weighted by Gasteiger charge is 2.40. The first-order chi connectivity index (χ1) is 12.4. The molecule has 2 aliphatic carbocycles. The molecule has 4 unspecified atom stereocenters. The second kappa shape index (κ2) is 13.0. The second-order valence-electron chi connectivity index (χ2n) is 10.2. The van der Waals surface area contributed by atoms with Crippen molar-refractivity contribution in [2.45, 2.75) is 125 Å². The third-order valence-electron chi connectivity index (χ3n) is 7.32. The molecule has 0 aromatic heterocycles. The number of allylic oxidation sites excluding steroid dienone is 2. The average molecular weight is 363 g/mol. The highest BCUT2D eigenvalue weighted by Crippen LogP contribution is 2.50. The fourth-order valence-electron chi connectivity index (χ4n) is 5.28. The molecule has 2 rings (SSSR count). The minimum atomic E-state index is 0.601. The fraction of sp³-hybridized carbons (Fsp3) is 0.923. The smallest absolute Gasteiger partial charge is 0.0297 e. The van der Waals surface area contributed by atoms with Gasteiger partial charge in [0.2, 0.25) is 0 Å². The second-order valence-corrected chi connectivity index (χ2v) is 10.2. The Morgan fingerprint density at radius 3 is 1.65 bits per heavy atom. The van der Waals surface area contributed by atoms with E-state index in [9.17, 15) is 0 Å². The van der Waals surface area contributed by atoms with Crippen molar-refractivity contribution >= 4 is 0 Å². The summed E-state index contributed by atoms with van der Waals surface area (Å²) in [7, 11) is 0. The first kappa shape index (κ1) is 23.8. The highest BCUT2D eigenvalue weighted by molar-refractivity contribution is 4.90. The van der Waals surface area contributed by atoms with Gasteiger partial charge in [0.15, 0.2) is 0 Å². The summed E-state index contributed by atoms with van der Waals surface area (Å²) >= 11 is 0. The number of hydrogen-bond acceptors (Lipinski definition) is 0. The van der Waals surface area contributed by atoms with Gasteiger partial charge in [-0.05, 0) is 67.6 Å². The molecule has 4 atom stereocenters. The highest BCUT2D eigenvalue weighted by atomic mass is 14.4. The van der Waals surface area contributed by atoms with E-state index in [1.165, 1.54) is 83.5 Å². The first-order valence-electron chi connectivity index (χ1n) is 12.1. The fourth-order valence-corrected chi connectivity index (χ4v) is 5.28. The summed E-state index contributed by atoms with van der Waals surface area (Å²) in [5, 5.41) is 0. The molecule has 0 heteroatoms. The maximum Gasteiger partial charge on any atom is -0.0297 e. The Morgan fingerprint density at radius 1 is 0.731 bits per heavy atom. The Hall–Kier alpha value is -0.260. The van der Waals surface area contributed by atoms with Gasteiger partial charge < -0.3 is 0 Å². The van der Waals surface area contributed by atoms with Crippen molar-refractivity contribution in [3.8, 4) is 0 Å². The molecule has 0 saturated heterocycles. The maximum atomic E-state index is 2.58. The molecular formula is C26H50. The Kier molecular flexibility index (Phi) is 11.9. The van der Waals surface area contributed by atoms with Crippen molar-refractivity contribution in [3.05, 3.63) is 12.2 Å². The summed E-state index contributed by atoms with van der Waals surface area (Å²) in [4.78, 5) is 0. The molecule has 0 aromatic carbocycles. The van der Waals surface area contributed by atoms with E-state index in [1.54, 1.807) is 0 Å². The van der Waals surface area contributed by atoms with Crippen LogP contribution in [0.15, 0.2) is 12.2 Å². The van der Waals surface area contributed by atoms with Gasteiger partial charge in [-0.15, -0.1) is 0 Å². The molecule has 0 spiro atoms. The molecule has 154 valence electrons. The third-order valence-corrected chi connectivity index (χ3v) is 7.32. The van der Waals surface area contributed by atoms with Crippen LogP contribution in [0, 0.1) is 29.1 Å². The topological polar surface area (TPSA) is 0 Å². The zero-order valence-corrected chi connectivity index (χ0v) is 19.2. The third kappa shape index (κ3) is 8.62. The molecule has 2 aliphatic rings. The van der Waals surface area contributed by atoms with Gasteiger partial charge in [0.25, 0.3) is 0 Å². The van der Waals surface area contributed by atoms with Gasteiger partial charge in [0, 0.05) is 0 Å². The lowest BCUT2D eigenvalue weighted by atomic mass is 9.59. The molecule has 0 heterocycles. The zero-order chi connectivity index (χ0) is 19.4. The van der Waals surface area contributed by atoms with Gasteiger partial charge in [-0.2, -0.15) is 0 Å². The van der Waals surface area contributed by atoms with Gasteiger partial charge in [0.1, 0.15) is 0 Å². The van der Waals surface area contributed by atoms with Crippen LogP contribution in [0.5, 0.6) is 0 Å². The van der Waals surface area contributed by atoms with E-state index in [1.807, 2.05) is 0 Å². The van der Waals surface area contributed by atoms with Crippen LogP contribution in [0.25, 0.3) is 0 Å². The van der Waals surface area contributed by atoms with E-state index < -0.39 is 0 Å². The maximum absolute atomic E-state index is 2.58. The molecule has 0 radical (unpaired) electrons. The largest absolute Gasteiger partial charge is 0.0885 e. The van der Waals surface area contributed by atoms with Crippen LogP contribution >= 0.6 is 0 Å². The van der Waals surface area contributed by atoms with Crippen LogP contribution in [-0.2, 0) is 0 Å². The van der Waals surface area contributed by atoms with Crippen LogP contribution in [-0.4, -0.2) is 0 Å². The summed E-state index contributed by atoms with van der Waals surface area (Å²) < 4.78 is 0. The number of unbranched alkanes of at least 4 members (excludes halogenated alkanes) is 3. The standard InChI is InChI=1S/C17H32.C9H18/c1-13-7-5-9-15(11-13)17(3,4)16-10-6-8-14(2)12-16;1-3-5-7-9-8-6-4-2/h13-16H,5-12H2,1-4H3;7,9H,3-6,8H2,1-2H3/b;9-7+. The van der Waals surface area contributed by atoms with Gasteiger partial charge in [-0.25, -0.2) is 0 Å². The normalized spacial score (nSPS) is 30.1. The summed E-state index contributed by atoms with van der Waals surface area (Å²) in [6.07, 6.45) is 23.0. The van der Waals surface area contributed by atoms with E-state index in [4.69, 9.17) is 0 Å². The molecular weight excluding hydrogens is 312 g/mol. The first-order valence-corrected chi connectivity index (χ1v) is 12.1. The van der Waals surface area contributed by atoms with Crippen LogP contribution in [0.2, 0.25) is 0 Å². The minimum Gasteiger partial charge on any atom is -0.0885 e. The van der Waals surface area contributed by atoms with Crippen LogP contribution in [0.3, 0.4) is 0 Å². The van der Waals surface area contributed by atoms with Gasteiger partial charge in [0.05, 0.1) is 0 Å². The molecule has 0 amide bonds. The average Bonchev–Trinajstić information content (AvgIpc) is 2.62. The predicted molar refractivity (Wildman–Crippen MR) is 120 cm³/mol. The molecule has 0 aliphatic heterocycles. The molecule has 0 N–H and O–H groups in total. The Labute approximate surface area is 166 Å². The van der Waals surface area contributed by atoms with E-state index in [0.29, 0.717) is 5.41 Å². The van der Waals surface area contributed by atoms with E-state index in [2.05, 4.69) is 53.7 Å². The predicted octanol–water partition coefficient (Wildman–Crippen LogP) is 9.20. The van der Waals surface area contributed by atoms with Crippen molar-refractivity contribution in [1.29, 1.82) is 0 Å². The number of hydrogen-bond donors (Lipinski definition) is 0. The molecule has 0 bridgehead atoms. The Bertz CT molecular complexity index is 340. The number of rotatable bonds is 7. The zero-order valence-electron chi connectivity index (χ0n) is 19.2. The molecule has 2 saturated carbocycles. The lowest BCUT2D eigenvalue weighted by Gasteiger charge is -2.47. The van der Waals surface area contributed by atoms with Crippen molar-refractivity contribution in [2.75, 3.05) is 0 Å². The van der Waals surface area contributed by atoms with Crippen molar-refractivity contribution < 1.29 is 0 Å². The Morgan fingerprint density at radius 2 is 1.23 bits per heavy atom. The van der Waals surface area contributed by atoms with Crippen molar-refractivity contribution in [1.82, 2.24) is 0 Å². The van der Waals surface area contributed by atoms with Crippen LogP contribution < -0.4 is 0 Å². The van der Waals surface area contributed by atoms with E-state index in [-0.39, 0.29) is 0 Å². The summed E-state index contributed by atoms with van der Waals surface area (Å²) in [6.45, 7) is 14.5. The lowest BCUT2D eigenvalue weighted by Crippen LogP contribution is -2.37. The molecule has 2 fully saturated rings. The summed E-state index contributed by atoms with van der Waals surface area (Å²) in [5.74, 6) is 3.96. The summed E-state index contributed by atoms with van der Waals surface area (Å²) in [6, 6.07) is 0. The monoisotopic (exact) mass is 362 g/mol. The molecule has 0 aromatic rings. The summed E-state index contributed by atoms with van der Waals surface area (Å²) in [5.41, 5.74) is 0.601. The molecule has 26 heavy (non-hydrogen) atoms. The lowest BCUT2D eigenvalue weighted by molar-refractivity contribution is 0.0346. The Balaban J connectivity index is 0.000000321. The van der Waals surface area contributed by atoms with Gasteiger partial charge in [-0.3, -0.25) is 0 Å². The van der Waals surface area contributed by atoms with Crippen LogP contribution in [0.1, 0.15) is 125 Å². The van der Waals surface area contributed by atoms with E-state index in [0.717, 1.165) is 23.7 Å². The van der Waals surface area contributed by atoms with E-state index >= 15 is 0 Å². The van der Waals surface area contributed by atoms with Crippen LogP contribution in [0.4, 0.5) is 0 Å². The van der Waals surface area contributed by atoms with Gasteiger partial charge in [-0.1, -0.05) is 98.6 Å².